The van der Waals surface area contributed by atoms with E-state index in [0.29, 0.717) is 32.9 Å². The fourth-order valence-electron chi connectivity index (χ4n) is 3.57. The van der Waals surface area contributed by atoms with E-state index in [1.165, 1.54) is 37.1 Å². The Labute approximate surface area is 207 Å². The molecule has 9 heteroatoms. The second kappa shape index (κ2) is 10.2. The van der Waals surface area contributed by atoms with Gasteiger partial charge in [0.2, 0.25) is 0 Å². The smallest absolute Gasteiger partial charge is 0.270 e. The standard InChI is InChI=1S/C26H25N3O5S/c1-5-17(3)28-25(30)24(35-26(28)27-18-8-6-16(2)7-9-18)15-20-11-13-23(34-20)21-14-19(29(31)32)10-12-22(21)33-4/h6-15,17H,5H2,1-4H3/b24-15+,27-26?/t17-/m1/s1. The number of nitro benzene ring substituents is 1. The van der Waals surface area contributed by atoms with Crippen LogP contribution in [0.1, 0.15) is 31.6 Å². The van der Waals surface area contributed by atoms with Crippen LogP contribution in [0.25, 0.3) is 17.4 Å². The van der Waals surface area contributed by atoms with Crippen molar-refractivity contribution in [3.63, 3.8) is 0 Å². The number of hydrogen-bond donors (Lipinski definition) is 0. The lowest BCUT2D eigenvalue weighted by Crippen LogP contribution is -2.36. The highest BCUT2D eigenvalue weighted by molar-refractivity contribution is 8.18. The number of nitro groups is 1. The number of rotatable bonds is 7. The van der Waals surface area contributed by atoms with Crippen molar-refractivity contribution in [2.24, 2.45) is 4.99 Å². The van der Waals surface area contributed by atoms with Crippen LogP contribution in [0.15, 0.2) is 68.9 Å². The van der Waals surface area contributed by atoms with Crippen molar-refractivity contribution >= 4 is 40.3 Å². The highest BCUT2D eigenvalue weighted by atomic mass is 32.2. The Kier molecular flexibility index (Phi) is 7.07. The summed E-state index contributed by atoms with van der Waals surface area (Å²) in [7, 11) is 1.49. The first-order valence-electron chi connectivity index (χ1n) is 11.1. The minimum absolute atomic E-state index is 0.0219. The van der Waals surface area contributed by atoms with Crippen molar-refractivity contribution in [2.75, 3.05) is 7.11 Å². The Hall–Kier alpha value is -3.85. The summed E-state index contributed by atoms with van der Waals surface area (Å²) in [6.07, 6.45) is 2.46. The number of aliphatic imine (C=N–C) groups is 1. The number of benzene rings is 2. The molecule has 2 heterocycles. The van der Waals surface area contributed by atoms with Gasteiger partial charge in [-0.3, -0.25) is 19.8 Å². The van der Waals surface area contributed by atoms with E-state index in [2.05, 4.69) is 0 Å². The summed E-state index contributed by atoms with van der Waals surface area (Å²) in [6, 6.07) is 15.5. The van der Waals surface area contributed by atoms with Crippen LogP contribution in [-0.2, 0) is 4.79 Å². The molecule has 0 bridgehead atoms. The van der Waals surface area contributed by atoms with E-state index in [4.69, 9.17) is 14.1 Å². The van der Waals surface area contributed by atoms with Crippen LogP contribution in [0.4, 0.5) is 11.4 Å². The zero-order valence-corrected chi connectivity index (χ0v) is 20.7. The van der Waals surface area contributed by atoms with E-state index in [9.17, 15) is 14.9 Å². The van der Waals surface area contributed by atoms with E-state index < -0.39 is 4.92 Å². The van der Waals surface area contributed by atoms with Gasteiger partial charge in [-0.1, -0.05) is 24.6 Å². The number of carbonyl (C=O) groups excluding carboxylic acids is 1. The molecule has 1 saturated heterocycles. The number of carbonyl (C=O) groups is 1. The molecule has 3 aromatic rings. The number of ether oxygens (including phenoxy) is 1. The molecule has 0 aliphatic carbocycles. The fourth-order valence-corrected chi connectivity index (χ4v) is 4.64. The topological polar surface area (TPSA) is 98.2 Å². The van der Waals surface area contributed by atoms with Gasteiger partial charge in [0.15, 0.2) is 5.17 Å². The van der Waals surface area contributed by atoms with Crippen LogP contribution < -0.4 is 4.74 Å². The van der Waals surface area contributed by atoms with Crippen LogP contribution in [0.3, 0.4) is 0 Å². The molecular weight excluding hydrogens is 466 g/mol. The van der Waals surface area contributed by atoms with Gasteiger partial charge in [0, 0.05) is 24.3 Å². The molecule has 0 saturated carbocycles. The third-order valence-electron chi connectivity index (χ3n) is 5.69. The average Bonchev–Trinajstić information content (AvgIpc) is 3.44. The van der Waals surface area contributed by atoms with Crippen molar-refractivity contribution in [2.45, 2.75) is 33.2 Å². The van der Waals surface area contributed by atoms with Crippen LogP contribution in [-0.4, -0.2) is 34.0 Å². The normalized spacial score (nSPS) is 16.8. The molecule has 0 radical (unpaired) electrons. The van der Waals surface area contributed by atoms with E-state index in [-0.39, 0.29) is 17.6 Å². The minimum Gasteiger partial charge on any atom is -0.496 e. The van der Waals surface area contributed by atoms with Crippen LogP contribution >= 0.6 is 11.8 Å². The van der Waals surface area contributed by atoms with Crippen LogP contribution in [0.2, 0.25) is 0 Å². The Morgan fingerprint density at radius 2 is 1.94 bits per heavy atom. The van der Waals surface area contributed by atoms with Crippen molar-refractivity contribution in [1.82, 2.24) is 4.90 Å². The number of nitrogens with zero attached hydrogens (tertiary/aromatic N) is 3. The average molecular weight is 492 g/mol. The predicted octanol–water partition coefficient (Wildman–Crippen LogP) is 6.57. The second-order valence-electron chi connectivity index (χ2n) is 8.12. The number of thioether (sulfide) groups is 1. The molecule has 0 N–H and O–H groups in total. The summed E-state index contributed by atoms with van der Waals surface area (Å²) in [5.41, 5.74) is 2.30. The molecule has 180 valence electrons. The summed E-state index contributed by atoms with van der Waals surface area (Å²) in [5, 5.41) is 11.8. The molecule has 1 fully saturated rings. The zero-order chi connectivity index (χ0) is 25.1. The Balaban J connectivity index is 1.68. The Bertz CT molecular complexity index is 1330. The first kappa shape index (κ1) is 24.3. The monoisotopic (exact) mass is 491 g/mol. The summed E-state index contributed by atoms with van der Waals surface area (Å²) in [5.74, 6) is 1.16. The van der Waals surface area contributed by atoms with Gasteiger partial charge in [-0.25, -0.2) is 4.99 Å². The molecule has 0 unspecified atom stereocenters. The van der Waals surface area contributed by atoms with Gasteiger partial charge < -0.3 is 9.15 Å². The molecule has 8 nitrogen and oxygen atoms in total. The molecule has 1 aliphatic heterocycles. The molecule has 0 spiro atoms. The number of furan rings is 1. The van der Waals surface area contributed by atoms with Crippen molar-refractivity contribution in [3.05, 3.63) is 80.9 Å². The van der Waals surface area contributed by atoms with Gasteiger partial charge in [-0.15, -0.1) is 0 Å². The van der Waals surface area contributed by atoms with Crippen LogP contribution in [0, 0.1) is 17.0 Å². The first-order valence-corrected chi connectivity index (χ1v) is 11.9. The zero-order valence-electron chi connectivity index (χ0n) is 19.8. The van der Waals surface area contributed by atoms with Gasteiger partial charge in [0.1, 0.15) is 17.3 Å². The quantitative estimate of drug-likeness (QED) is 0.210. The predicted molar refractivity (Wildman–Crippen MR) is 138 cm³/mol. The fraction of sp³-hybridized carbons (Fsp3) is 0.231. The summed E-state index contributed by atoms with van der Waals surface area (Å²) in [4.78, 5) is 31.0. The Morgan fingerprint density at radius 1 is 1.20 bits per heavy atom. The SMILES string of the molecule is CC[C@@H](C)N1C(=O)/C(=C\c2ccc(-c3cc([N+](=O)[O-])ccc3OC)o2)SC1=Nc1ccc(C)cc1. The summed E-state index contributed by atoms with van der Waals surface area (Å²) in [6.45, 7) is 6.03. The molecule has 35 heavy (non-hydrogen) atoms. The second-order valence-corrected chi connectivity index (χ2v) is 9.13. The molecule has 4 rings (SSSR count). The third kappa shape index (κ3) is 5.14. The van der Waals surface area contributed by atoms with Crippen molar-refractivity contribution in [3.8, 4) is 17.1 Å². The van der Waals surface area contributed by atoms with Gasteiger partial charge in [-0.05, 0) is 62.4 Å². The molecule has 2 aromatic carbocycles. The molecule has 1 atom stereocenters. The molecular formula is C26H25N3O5S. The maximum atomic E-state index is 13.3. The first-order chi connectivity index (χ1) is 16.8. The molecule has 1 amide bonds. The molecule has 1 aromatic heterocycles. The lowest BCUT2D eigenvalue weighted by molar-refractivity contribution is -0.384. The molecule has 1 aliphatic rings. The van der Waals surface area contributed by atoms with E-state index in [0.717, 1.165) is 17.7 Å². The van der Waals surface area contributed by atoms with Gasteiger partial charge >= 0.3 is 0 Å². The maximum absolute atomic E-state index is 13.3. The number of aryl methyl sites for hydroxylation is 1. The number of non-ortho nitro benzene ring substituents is 1. The van der Waals surface area contributed by atoms with E-state index >= 15 is 0 Å². The van der Waals surface area contributed by atoms with E-state index in [1.807, 2.05) is 45.0 Å². The van der Waals surface area contributed by atoms with Crippen molar-refractivity contribution < 1.29 is 18.9 Å². The van der Waals surface area contributed by atoms with Gasteiger partial charge in [-0.2, -0.15) is 0 Å². The number of amidine groups is 1. The number of amides is 1. The van der Waals surface area contributed by atoms with Gasteiger partial charge in [0.25, 0.3) is 11.6 Å². The Morgan fingerprint density at radius 3 is 2.60 bits per heavy atom. The van der Waals surface area contributed by atoms with Gasteiger partial charge in [0.05, 0.1) is 28.2 Å². The third-order valence-corrected chi connectivity index (χ3v) is 6.67. The summed E-state index contributed by atoms with van der Waals surface area (Å²) >= 11 is 1.30. The number of methoxy groups -OCH3 is 1. The summed E-state index contributed by atoms with van der Waals surface area (Å²) < 4.78 is 11.3. The lowest BCUT2D eigenvalue weighted by Gasteiger charge is -2.22. The van der Waals surface area contributed by atoms with Crippen LogP contribution in [0.5, 0.6) is 5.75 Å². The van der Waals surface area contributed by atoms with Crippen molar-refractivity contribution in [1.29, 1.82) is 0 Å². The number of hydrogen-bond acceptors (Lipinski definition) is 7. The maximum Gasteiger partial charge on any atom is 0.270 e. The highest BCUT2D eigenvalue weighted by Gasteiger charge is 2.36. The lowest BCUT2D eigenvalue weighted by atomic mass is 10.1. The highest BCUT2D eigenvalue weighted by Crippen LogP contribution is 2.38. The van der Waals surface area contributed by atoms with E-state index in [1.54, 1.807) is 23.1 Å². The minimum atomic E-state index is -0.471. The largest absolute Gasteiger partial charge is 0.496 e.